The van der Waals surface area contributed by atoms with Crippen LogP contribution in [0.25, 0.3) is 0 Å². The highest BCUT2D eigenvalue weighted by Crippen LogP contribution is 2.23. The van der Waals surface area contributed by atoms with Crippen LogP contribution in [0, 0.1) is 5.92 Å². The van der Waals surface area contributed by atoms with Gasteiger partial charge in [-0.15, -0.1) is 0 Å². The smallest absolute Gasteiger partial charge is 0.140 e. The summed E-state index contributed by atoms with van der Waals surface area (Å²) >= 11 is 3.30. The van der Waals surface area contributed by atoms with Gasteiger partial charge in [0, 0.05) is 12.3 Å². The summed E-state index contributed by atoms with van der Waals surface area (Å²) < 4.78 is 0.836. The lowest BCUT2D eigenvalue weighted by molar-refractivity contribution is -0.121. The van der Waals surface area contributed by atoms with Crippen molar-refractivity contribution in [2.75, 3.05) is 0 Å². The number of Topliss-reactive ketones (excluding diaryl/α,β-unsaturated/α-hetero) is 1. The number of carbonyl (C=O) groups excluding carboxylic acids is 1. The molecule has 0 aliphatic rings. The molecule has 0 aromatic heterocycles. The van der Waals surface area contributed by atoms with E-state index >= 15 is 0 Å². The molecule has 1 nitrogen and oxygen atoms in total. The van der Waals surface area contributed by atoms with Gasteiger partial charge in [-0.3, -0.25) is 4.79 Å². The number of ketones is 1. The summed E-state index contributed by atoms with van der Waals surface area (Å²) in [6.07, 6.45) is 3.56. The van der Waals surface area contributed by atoms with Crippen LogP contribution in [0.4, 0.5) is 0 Å². The van der Waals surface area contributed by atoms with Crippen molar-refractivity contribution < 1.29 is 4.79 Å². The quantitative estimate of drug-likeness (QED) is 0.683. The predicted octanol–water partition coefficient (Wildman–Crippen LogP) is 3.68. The van der Waals surface area contributed by atoms with Crippen molar-refractivity contribution in [3.63, 3.8) is 0 Å². The van der Waals surface area contributed by atoms with Crippen molar-refractivity contribution in [1.82, 2.24) is 0 Å². The van der Waals surface area contributed by atoms with Crippen LogP contribution in [0.2, 0.25) is 0 Å². The number of halogens is 1. The van der Waals surface area contributed by atoms with Crippen LogP contribution in [0.3, 0.4) is 0 Å². The average Bonchev–Trinajstić information content (AvgIpc) is 1.99. The third-order valence-electron chi connectivity index (χ3n) is 1.84. The molecule has 0 spiro atoms. The number of hydrogen-bond donors (Lipinski definition) is 0. The second kappa shape index (κ2) is 6.41. The highest BCUT2D eigenvalue weighted by atomic mass is 79.9. The molecule has 1 unspecified atom stereocenters. The summed E-state index contributed by atoms with van der Waals surface area (Å²) in [6, 6.07) is 0. The molecule has 70 valence electrons. The minimum Gasteiger partial charge on any atom is -0.299 e. The molecule has 0 saturated heterocycles. The van der Waals surface area contributed by atoms with Crippen LogP contribution in [0.5, 0.6) is 0 Å². The fourth-order valence-electron chi connectivity index (χ4n) is 1.20. The third kappa shape index (κ3) is 4.05. The summed E-state index contributed by atoms with van der Waals surface area (Å²) in [5, 5.41) is 0. The third-order valence-corrected chi connectivity index (χ3v) is 2.39. The largest absolute Gasteiger partial charge is 0.299 e. The maximum atomic E-state index is 11.5. The van der Waals surface area contributed by atoms with E-state index in [4.69, 9.17) is 0 Å². The molecule has 0 N–H and O–H groups in total. The van der Waals surface area contributed by atoms with Crippen LogP contribution in [0.1, 0.15) is 39.5 Å². The van der Waals surface area contributed by atoms with Crippen LogP contribution >= 0.6 is 15.9 Å². The molecular weight excluding hydrogens is 216 g/mol. The maximum Gasteiger partial charge on any atom is 0.140 e. The minimum absolute atomic E-state index is 0.0370. The fourth-order valence-corrected chi connectivity index (χ4v) is 1.69. The molecule has 0 amide bonds. The lowest BCUT2D eigenvalue weighted by Gasteiger charge is -2.12. The molecule has 0 aliphatic heterocycles. The zero-order valence-corrected chi connectivity index (χ0v) is 9.49. The van der Waals surface area contributed by atoms with E-state index in [0.717, 1.165) is 23.7 Å². The molecule has 0 bridgehead atoms. The molecule has 2 heteroatoms. The monoisotopic (exact) mass is 232 g/mol. The van der Waals surface area contributed by atoms with Gasteiger partial charge in [-0.1, -0.05) is 42.8 Å². The number of carbonyl (C=O) groups is 1. The standard InChI is InChI=1S/C10H17BrO/c1-4-6-9(8(3)11)10(12)7-5-2/h9H,3-7H2,1-2H3. The minimum atomic E-state index is 0.0370. The second-order valence-corrected chi connectivity index (χ2v) is 4.02. The Hall–Kier alpha value is -0.110. The van der Waals surface area contributed by atoms with E-state index in [-0.39, 0.29) is 5.92 Å². The van der Waals surface area contributed by atoms with Crippen molar-refractivity contribution >= 4 is 21.7 Å². The topological polar surface area (TPSA) is 17.1 Å². The van der Waals surface area contributed by atoms with Gasteiger partial charge >= 0.3 is 0 Å². The van der Waals surface area contributed by atoms with Crippen LogP contribution in [0.15, 0.2) is 11.1 Å². The predicted molar refractivity (Wildman–Crippen MR) is 56.4 cm³/mol. The molecule has 0 heterocycles. The van der Waals surface area contributed by atoms with Gasteiger partial charge in [0.2, 0.25) is 0 Å². The van der Waals surface area contributed by atoms with E-state index in [0.29, 0.717) is 12.2 Å². The average molecular weight is 233 g/mol. The van der Waals surface area contributed by atoms with Crippen molar-refractivity contribution in [1.29, 1.82) is 0 Å². The zero-order chi connectivity index (χ0) is 9.56. The Balaban J connectivity index is 4.09. The highest BCUT2D eigenvalue weighted by molar-refractivity contribution is 9.11. The fraction of sp³-hybridized carbons (Fsp3) is 0.700. The first-order chi connectivity index (χ1) is 5.63. The molecule has 1 atom stereocenters. The Labute approximate surface area is 83.4 Å². The van der Waals surface area contributed by atoms with Gasteiger partial charge in [0.1, 0.15) is 5.78 Å². The number of allylic oxidation sites excluding steroid dienone is 1. The highest BCUT2D eigenvalue weighted by Gasteiger charge is 2.17. The Morgan fingerprint density at radius 2 is 2.00 bits per heavy atom. The summed E-state index contributed by atoms with van der Waals surface area (Å²) in [5.41, 5.74) is 0. The molecule has 0 rings (SSSR count). The Kier molecular flexibility index (Phi) is 6.35. The van der Waals surface area contributed by atoms with E-state index in [9.17, 15) is 4.79 Å². The van der Waals surface area contributed by atoms with Crippen LogP contribution in [-0.4, -0.2) is 5.78 Å². The van der Waals surface area contributed by atoms with Crippen molar-refractivity contribution in [3.05, 3.63) is 11.1 Å². The van der Waals surface area contributed by atoms with Crippen molar-refractivity contribution in [2.24, 2.45) is 5.92 Å². The van der Waals surface area contributed by atoms with Gasteiger partial charge in [0.25, 0.3) is 0 Å². The first-order valence-corrected chi connectivity index (χ1v) is 5.29. The van der Waals surface area contributed by atoms with Gasteiger partial charge < -0.3 is 0 Å². The Morgan fingerprint density at radius 3 is 2.33 bits per heavy atom. The van der Waals surface area contributed by atoms with Gasteiger partial charge in [-0.05, 0) is 17.3 Å². The molecule has 0 aromatic carbocycles. The van der Waals surface area contributed by atoms with Gasteiger partial charge in [-0.2, -0.15) is 0 Å². The zero-order valence-electron chi connectivity index (χ0n) is 7.90. The van der Waals surface area contributed by atoms with E-state index in [1.807, 2.05) is 6.92 Å². The first kappa shape index (κ1) is 11.9. The van der Waals surface area contributed by atoms with Crippen LogP contribution < -0.4 is 0 Å². The summed E-state index contributed by atoms with van der Waals surface area (Å²) in [7, 11) is 0. The van der Waals surface area contributed by atoms with E-state index < -0.39 is 0 Å². The molecule has 0 radical (unpaired) electrons. The number of hydrogen-bond acceptors (Lipinski definition) is 1. The molecule has 0 aromatic rings. The van der Waals surface area contributed by atoms with E-state index in [1.165, 1.54) is 0 Å². The van der Waals surface area contributed by atoms with Gasteiger partial charge in [0.05, 0.1) is 0 Å². The molecule has 12 heavy (non-hydrogen) atoms. The molecule has 0 aliphatic carbocycles. The van der Waals surface area contributed by atoms with Gasteiger partial charge in [-0.25, -0.2) is 0 Å². The summed E-state index contributed by atoms with van der Waals surface area (Å²) in [5.74, 6) is 0.358. The van der Waals surface area contributed by atoms with Crippen LogP contribution in [-0.2, 0) is 4.79 Å². The summed E-state index contributed by atoms with van der Waals surface area (Å²) in [4.78, 5) is 11.5. The molecule has 0 saturated carbocycles. The van der Waals surface area contributed by atoms with E-state index in [2.05, 4.69) is 29.4 Å². The van der Waals surface area contributed by atoms with Crippen molar-refractivity contribution in [3.8, 4) is 0 Å². The van der Waals surface area contributed by atoms with Gasteiger partial charge in [0.15, 0.2) is 0 Å². The molecular formula is C10H17BrO. The molecule has 0 fully saturated rings. The Bertz CT molecular complexity index is 163. The lowest BCUT2D eigenvalue weighted by Crippen LogP contribution is -2.13. The summed E-state index contributed by atoms with van der Waals surface area (Å²) in [6.45, 7) is 7.88. The first-order valence-electron chi connectivity index (χ1n) is 4.50. The number of rotatable bonds is 6. The Morgan fingerprint density at radius 1 is 1.42 bits per heavy atom. The second-order valence-electron chi connectivity index (χ2n) is 3.00. The van der Waals surface area contributed by atoms with E-state index in [1.54, 1.807) is 0 Å². The van der Waals surface area contributed by atoms with Crippen molar-refractivity contribution in [2.45, 2.75) is 39.5 Å². The maximum absolute atomic E-state index is 11.5. The SMILES string of the molecule is C=C(Br)C(CCC)C(=O)CCC. The normalized spacial score (nSPS) is 12.6. The lowest BCUT2D eigenvalue weighted by atomic mass is 9.96.